The van der Waals surface area contributed by atoms with Crippen LogP contribution in [0.15, 0.2) is 36.5 Å². The van der Waals surface area contributed by atoms with Gasteiger partial charge >= 0.3 is 0 Å². The van der Waals surface area contributed by atoms with Crippen LogP contribution in [0.3, 0.4) is 0 Å². The van der Waals surface area contributed by atoms with Crippen LogP contribution in [0.25, 0.3) is 10.4 Å². The highest BCUT2D eigenvalue weighted by Crippen LogP contribution is 2.39. The molecule has 0 radical (unpaired) electrons. The molecule has 0 fully saturated rings. The number of primary amides is 1. The van der Waals surface area contributed by atoms with Crippen LogP contribution in [0.1, 0.15) is 28.4 Å². The second-order valence-corrected chi connectivity index (χ2v) is 8.67. The quantitative estimate of drug-likeness (QED) is 0.488. The molecule has 9 heteroatoms. The lowest BCUT2D eigenvalue weighted by Crippen LogP contribution is -2.12. The first-order valence-electron chi connectivity index (χ1n) is 9.60. The Balaban J connectivity index is 1.93. The summed E-state index contributed by atoms with van der Waals surface area (Å²) < 4.78 is 29.4. The van der Waals surface area contributed by atoms with E-state index in [0.29, 0.717) is 16.4 Å². The molecule has 1 amide bonds. The monoisotopic (exact) mass is 446 g/mol. The number of nitrogens with zero attached hydrogens (tertiary/aromatic N) is 2. The molecule has 0 aliphatic heterocycles. The van der Waals surface area contributed by atoms with Gasteiger partial charge in [0.1, 0.15) is 22.5 Å². The van der Waals surface area contributed by atoms with Crippen molar-refractivity contribution < 1.29 is 18.7 Å². The van der Waals surface area contributed by atoms with E-state index in [0.717, 1.165) is 23.4 Å². The molecule has 164 valence electrons. The summed E-state index contributed by atoms with van der Waals surface area (Å²) in [6, 6.07) is 7.40. The van der Waals surface area contributed by atoms with Gasteiger partial charge in [0.15, 0.2) is 0 Å². The van der Waals surface area contributed by atoms with E-state index in [2.05, 4.69) is 10.3 Å². The molecule has 2 heterocycles. The van der Waals surface area contributed by atoms with Crippen molar-refractivity contribution in [2.45, 2.75) is 26.0 Å². The van der Waals surface area contributed by atoms with Gasteiger partial charge < -0.3 is 21.1 Å². The van der Waals surface area contributed by atoms with Crippen LogP contribution in [0.4, 0.5) is 19.6 Å². The minimum Gasteiger partial charge on any atom is -0.393 e. The molecular weight excluding hydrogens is 422 g/mol. The van der Waals surface area contributed by atoms with Gasteiger partial charge in [0.2, 0.25) is 0 Å². The molecule has 1 unspecified atom stereocenters. The second kappa shape index (κ2) is 9.51. The molecule has 6 nitrogen and oxygen atoms in total. The molecule has 0 saturated heterocycles. The van der Waals surface area contributed by atoms with E-state index in [1.54, 1.807) is 19.2 Å². The SMILES string of the molecule is CC(O)Cc1cc(F)c(-c2cc(C(N)=O)c(Nc3ccc(CN(C)C)cn3)s2)c(F)c1. The number of aliphatic hydroxyl groups excluding tert-OH is 1. The lowest BCUT2D eigenvalue weighted by Gasteiger charge is -2.10. The maximum Gasteiger partial charge on any atom is 0.251 e. The number of carbonyl (C=O) groups excluding carboxylic acids is 1. The molecule has 1 aromatic carbocycles. The number of rotatable bonds is 8. The molecule has 2 aromatic heterocycles. The van der Waals surface area contributed by atoms with E-state index < -0.39 is 23.6 Å². The zero-order valence-electron chi connectivity index (χ0n) is 17.4. The summed E-state index contributed by atoms with van der Waals surface area (Å²) in [6.45, 7) is 2.27. The van der Waals surface area contributed by atoms with Gasteiger partial charge in [0, 0.05) is 17.6 Å². The van der Waals surface area contributed by atoms with Gasteiger partial charge in [-0.2, -0.15) is 0 Å². The maximum absolute atomic E-state index is 14.7. The third-order valence-corrected chi connectivity index (χ3v) is 5.51. The second-order valence-electron chi connectivity index (χ2n) is 7.62. The molecule has 0 aliphatic rings. The van der Waals surface area contributed by atoms with E-state index in [4.69, 9.17) is 5.73 Å². The van der Waals surface area contributed by atoms with Gasteiger partial charge in [0.05, 0.1) is 17.2 Å². The third-order valence-electron chi connectivity index (χ3n) is 4.44. The van der Waals surface area contributed by atoms with Crippen molar-refractivity contribution in [3.05, 3.63) is 64.9 Å². The number of anilines is 2. The summed E-state index contributed by atoms with van der Waals surface area (Å²) in [6.07, 6.45) is 1.12. The predicted octanol–water partition coefficient (Wildman–Crippen LogP) is 3.92. The molecule has 0 spiro atoms. The molecule has 3 aromatic rings. The fraction of sp³-hybridized carbons (Fsp3) is 0.273. The van der Waals surface area contributed by atoms with Gasteiger partial charge in [0.25, 0.3) is 5.91 Å². The molecule has 31 heavy (non-hydrogen) atoms. The number of nitrogens with two attached hydrogens (primary N) is 1. The average Bonchev–Trinajstić information content (AvgIpc) is 3.05. The van der Waals surface area contributed by atoms with Crippen LogP contribution >= 0.6 is 11.3 Å². The summed E-state index contributed by atoms with van der Waals surface area (Å²) in [5, 5.41) is 12.8. The average molecular weight is 447 g/mol. The first-order valence-corrected chi connectivity index (χ1v) is 10.4. The van der Waals surface area contributed by atoms with Crippen LogP contribution < -0.4 is 11.1 Å². The van der Waals surface area contributed by atoms with Crippen molar-refractivity contribution in [3.63, 3.8) is 0 Å². The van der Waals surface area contributed by atoms with Crippen LogP contribution in [-0.2, 0) is 13.0 Å². The Morgan fingerprint density at radius 2 is 1.90 bits per heavy atom. The number of nitrogens with one attached hydrogen (secondary N) is 1. The van der Waals surface area contributed by atoms with E-state index in [1.807, 2.05) is 25.1 Å². The molecule has 3 rings (SSSR count). The number of aromatic nitrogens is 1. The fourth-order valence-corrected chi connectivity index (χ4v) is 4.30. The lowest BCUT2D eigenvalue weighted by molar-refractivity contribution is 0.100. The summed E-state index contributed by atoms with van der Waals surface area (Å²) in [4.78, 5) is 18.5. The number of pyridine rings is 1. The first kappa shape index (κ1) is 22.8. The standard InChI is InChI=1S/C22H24F2N4O2S/c1-12(29)6-14-7-16(23)20(17(24)8-14)18-9-15(21(25)30)22(31-18)27-19-5-4-13(10-26-19)11-28(2)3/h4-5,7-10,12,29H,6,11H2,1-3H3,(H2,25,30)(H,26,27). The number of hydrogen-bond donors (Lipinski definition) is 3. The van der Waals surface area contributed by atoms with E-state index >= 15 is 0 Å². The van der Waals surface area contributed by atoms with Gasteiger partial charge in [-0.3, -0.25) is 4.79 Å². The van der Waals surface area contributed by atoms with Crippen LogP contribution in [0.5, 0.6) is 0 Å². The number of thiophene rings is 1. The van der Waals surface area contributed by atoms with Crippen molar-refractivity contribution in [1.82, 2.24) is 9.88 Å². The molecule has 0 bridgehead atoms. The van der Waals surface area contributed by atoms with Crippen molar-refractivity contribution in [2.75, 3.05) is 19.4 Å². The fourth-order valence-electron chi connectivity index (χ4n) is 3.18. The van der Waals surface area contributed by atoms with Crippen molar-refractivity contribution in [1.29, 1.82) is 0 Å². The topological polar surface area (TPSA) is 91.5 Å². The number of hydrogen-bond acceptors (Lipinski definition) is 6. The van der Waals surface area contributed by atoms with Gasteiger partial charge in [-0.25, -0.2) is 13.8 Å². The highest BCUT2D eigenvalue weighted by atomic mass is 32.1. The van der Waals surface area contributed by atoms with Crippen LogP contribution in [0, 0.1) is 11.6 Å². The first-order chi connectivity index (χ1) is 14.6. The third kappa shape index (κ3) is 5.63. The summed E-state index contributed by atoms with van der Waals surface area (Å²) >= 11 is 1.01. The Morgan fingerprint density at radius 3 is 2.42 bits per heavy atom. The van der Waals surface area contributed by atoms with Crippen molar-refractivity contribution in [2.24, 2.45) is 5.73 Å². The molecular formula is C22H24F2N4O2S. The molecule has 4 N–H and O–H groups in total. The summed E-state index contributed by atoms with van der Waals surface area (Å²) in [7, 11) is 3.90. The Hall–Kier alpha value is -2.88. The smallest absolute Gasteiger partial charge is 0.251 e. The van der Waals surface area contributed by atoms with E-state index in [1.165, 1.54) is 18.2 Å². The number of aliphatic hydroxyl groups is 1. The number of carbonyl (C=O) groups is 1. The van der Waals surface area contributed by atoms with E-state index in [-0.39, 0.29) is 22.4 Å². The molecule has 0 saturated carbocycles. The number of halogens is 2. The lowest BCUT2D eigenvalue weighted by atomic mass is 10.0. The van der Waals surface area contributed by atoms with Crippen LogP contribution in [-0.4, -0.2) is 41.1 Å². The molecule has 1 atom stereocenters. The molecule has 0 aliphatic carbocycles. The number of benzene rings is 1. The Labute approximate surface area is 183 Å². The minimum absolute atomic E-state index is 0.117. The van der Waals surface area contributed by atoms with Crippen molar-refractivity contribution >= 4 is 28.1 Å². The van der Waals surface area contributed by atoms with E-state index in [9.17, 15) is 18.7 Å². The van der Waals surface area contributed by atoms with Gasteiger partial charge in [-0.15, -0.1) is 11.3 Å². The normalized spacial score (nSPS) is 12.2. The highest BCUT2D eigenvalue weighted by molar-refractivity contribution is 7.20. The highest BCUT2D eigenvalue weighted by Gasteiger charge is 2.21. The Morgan fingerprint density at radius 1 is 1.23 bits per heavy atom. The maximum atomic E-state index is 14.7. The minimum atomic E-state index is -0.773. The summed E-state index contributed by atoms with van der Waals surface area (Å²) in [5.41, 5.74) is 6.71. The largest absolute Gasteiger partial charge is 0.393 e. The zero-order valence-corrected chi connectivity index (χ0v) is 18.3. The van der Waals surface area contributed by atoms with Gasteiger partial charge in [-0.1, -0.05) is 6.07 Å². The Bertz CT molecular complexity index is 1060. The summed E-state index contributed by atoms with van der Waals surface area (Å²) in [5.74, 6) is -1.79. The predicted molar refractivity (Wildman–Crippen MR) is 118 cm³/mol. The van der Waals surface area contributed by atoms with Crippen LogP contribution in [0.2, 0.25) is 0 Å². The zero-order chi connectivity index (χ0) is 22.7. The van der Waals surface area contributed by atoms with Gasteiger partial charge in [-0.05, 0) is 62.8 Å². The number of amides is 1. The Kier molecular flexibility index (Phi) is 6.99. The van der Waals surface area contributed by atoms with Crippen molar-refractivity contribution in [3.8, 4) is 10.4 Å².